The van der Waals surface area contributed by atoms with E-state index in [1.165, 1.54) is 29.3 Å². The Labute approximate surface area is 296 Å². The number of aromatic nitrogens is 5. The van der Waals surface area contributed by atoms with Crippen LogP contribution >= 0.6 is 0 Å². The number of ether oxygens (including phenoxy) is 2. The number of nitrogens with one attached hydrogen (secondary N) is 2. The molecule has 14 heteroatoms. The van der Waals surface area contributed by atoms with Crippen LogP contribution in [0.4, 0.5) is 11.4 Å². The number of benzene rings is 3. The second-order valence-corrected chi connectivity index (χ2v) is 12.6. The number of piperazine rings is 1. The van der Waals surface area contributed by atoms with Crippen LogP contribution < -0.4 is 19.7 Å². The maximum absolute atomic E-state index is 13.7. The quantitative estimate of drug-likeness (QED) is 0.167. The highest BCUT2D eigenvalue weighted by molar-refractivity contribution is 6.11. The number of imidazole rings is 1. The molecule has 0 aliphatic carbocycles. The third-order valence-corrected chi connectivity index (χ3v) is 9.01. The van der Waals surface area contributed by atoms with E-state index in [4.69, 9.17) is 9.47 Å². The van der Waals surface area contributed by atoms with Crippen molar-refractivity contribution in [2.45, 2.75) is 32.6 Å². The molecule has 3 amide bonds. The van der Waals surface area contributed by atoms with E-state index in [2.05, 4.69) is 37.3 Å². The van der Waals surface area contributed by atoms with E-state index in [1.54, 1.807) is 37.4 Å². The Kier molecular flexibility index (Phi) is 10.9. The van der Waals surface area contributed by atoms with Crippen LogP contribution in [0.2, 0.25) is 0 Å². The van der Waals surface area contributed by atoms with Crippen molar-refractivity contribution in [2.75, 3.05) is 64.2 Å². The zero-order chi connectivity index (χ0) is 35.9. The first kappa shape index (κ1) is 35.1. The van der Waals surface area contributed by atoms with Crippen LogP contribution in [0, 0.1) is 6.92 Å². The molecule has 0 saturated carbocycles. The first-order valence-corrected chi connectivity index (χ1v) is 17.0. The number of methoxy groups -OCH3 is 1. The number of hydrogen-bond acceptors (Lipinski definition) is 9. The van der Waals surface area contributed by atoms with Crippen LogP contribution in [0.25, 0.3) is 17.0 Å². The molecule has 2 N–H and O–H groups in total. The second-order valence-electron chi connectivity index (χ2n) is 12.6. The first-order chi connectivity index (χ1) is 24.7. The van der Waals surface area contributed by atoms with Crippen molar-refractivity contribution in [1.82, 2.24) is 34.5 Å². The molecule has 2 aromatic heterocycles. The highest BCUT2D eigenvalue weighted by Gasteiger charge is 2.22. The van der Waals surface area contributed by atoms with Gasteiger partial charge in [-0.25, -0.2) is 9.97 Å². The molecular weight excluding hydrogens is 650 g/mol. The average Bonchev–Trinajstić information content (AvgIpc) is 3.84. The molecule has 0 spiro atoms. The van der Waals surface area contributed by atoms with Crippen LogP contribution in [-0.4, -0.2) is 106 Å². The first-order valence-electron chi connectivity index (χ1n) is 17.0. The number of aromatic amines is 1. The summed E-state index contributed by atoms with van der Waals surface area (Å²) < 4.78 is 13.2. The zero-order valence-electron chi connectivity index (χ0n) is 29.4. The normalized spacial score (nSPS) is 13.3. The molecule has 1 aliphatic rings. The van der Waals surface area contributed by atoms with E-state index in [-0.39, 0.29) is 23.1 Å². The van der Waals surface area contributed by atoms with Crippen molar-refractivity contribution in [1.29, 1.82) is 0 Å². The number of fused-ring (bicyclic) bond motifs is 1. The lowest BCUT2D eigenvalue weighted by Gasteiger charge is -2.32. The molecule has 0 unspecified atom stereocenters. The molecule has 1 fully saturated rings. The standard InChI is InChI=1S/C37H43N9O5/c1-25-12-15-30(32(21-25)51-20-7-5-6-11-33(47)45-18-16-43(2)17-19-45)44(3)36(49)26-13-14-27(31(22-26)50-4)35(48)40-28-9-8-10-29-34(28)42-37(41-29)46-24-38-23-39-46/h8-10,12-15,21-24H,5-7,11,16-20H2,1-4H3,(H,40,48)(H,41,42). The summed E-state index contributed by atoms with van der Waals surface area (Å²) in [5.74, 6) is 0.812. The highest BCUT2D eigenvalue weighted by Crippen LogP contribution is 2.32. The summed E-state index contributed by atoms with van der Waals surface area (Å²) >= 11 is 0. The Morgan fingerprint density at radius 3 is 2.57 bits per heavy atom. The minimum atomic E-state index is -0.421. The van der Waals surface area contributed by atoms with Gasteiger partial charge in [0.05, 0.1) is 36.2 Å². The third kappa shape index (κ3) is 8.18. The fraction of sp³-hybridized carbons (Fsp3) is 0.351. The lowest BCUT2D eigenvalue weighted by atomic mass is 10.1. The van der Waals surface area contributed by atoms with Crippen LogP contribution in [0.3, 0.4) is 0 Å². The van der Waals surface area contributed by atoms with Gasteiger partial charge in [-0.1, -0.05) is 12.1 Å². The van der Waals surface area contributed by atoms with Gasteiger partial charge in [0.15, 0.2) is 0 Å². The number of para-hydroxylation sites is 1. The van der Waals surface area contributed by atoms with Gasteiger partial charge in [-0.3, -0.25) is 14.4 Å². The summed E-state index contributed by atoms with van der Waals surface area (Å²) in [7, 11) is 5.22. The van der Waals surface area contributed by atoms with Crippen molar-refractivity contribution < 1.29 is 23.9 Å². The molecule has 51 heavy (non-hydrogen) atoms. The molecule has 1 aliphatic heterocycles. The highest BCUT2D eigenvalue weighted by atomic mass is 16.5. The number of H-pyrrole nitrogens is 1. The van der Waals surface area contributed by atoms with Gasteiger partial charge in [0, 0.05) is 45.2 Å². The van der Waals surface area contributed by atoms with Crippen molar-refractivity contribution in [3.63, 3.8) is 0 Å². The average molecular weight is 694 g/mol. The van der Waals surface area contributed by atoms with Gasteiger partial charge in [-0.05, 0) is 81.3 Å². The maximum atomic E-state index is 13.7. The number of anilines is 2. The number of rotatable bonds is 13. The summed E-state index contributed by atoms with van der Waals surface area (Å²) in [6.45, 7) is 5.87. The lowest BCUT2D eigenvalue weighted by molar-refractivity contribution is -0.132. The summed E-state index contributed by atoms with van der Waals surface area (Å²) in [5.41, 5.74) is 3.98. The number of unbranched alkanes of at least 4 members (excludes halogenated alkanes) is 2. The maximum Gasteiger partial charge on any atom is 0.259 e. The van der Waals surface area contributed by atoms with E-state index in [1.807, 2.05) is 36.1 Å². The van der Waals surface area contributed by atoms with Gasteiger partial charge >= 0.3 is 0 Å². The summed E-state index contributed by atoms with van der Waals surface area (Å²) in [5, 5.41) is 7.02. The molecule has 14 nitrogen and oxygen atoms in total. The predicted molar refractivity (Wildman–Crippen MR) is 194 cm³/mol. The van der Waals surface area contributed by atoms with Crippen molar-refractivity contribution >= 4 is 40.1 Å². The number of carbonyl (C=O) groups excluding carboxylic acids is 3. The molecule has 3 aromatic carbocycles. The van der Waals surface area contributed by atoms with Gasteiger partial charge in [0.1, 0.15) is 29.7 Å². The largest absolute Gasteiger partial charge is 0.496 e. The van der Waals surface area contributed by atoms with Gasteiger partial charge < -0.3 is 34.5 Å². The van der Waals surface area contributed by atoms with Crippen LogP contribution in [0.15, 0.2) is 67.3 Å². The van der Waals surface area contributed by atoms with Crippen LogP contribution in [0.1, 0.15) is 52.0 Å². The monoisotopic (exact) mass is 693 g/mol. The Hall–Kier alpha value is -5.76. The Balaban J connectivity index is 1.08. The molecule has 266 valence electrons. The van der Waals surface area contributed by atoms with Crippen molar-refractivity contribution in [3.05, 3.63) is 83.9 Å². The Bertz CT molecular complexity index is 2000. The molecule has 3 heterocycles. The minimum Gasteiger partial charge on any atom is -0.496 e. The number of likely N-dealkylation sites (N-methyl/N-ethyl adjacent to an activating group) is 1. The number of carbonyl (C=O) groups is 3. The van der Waals surface area contributed by atoms with Crippen LogP contribution in [0.5, 0.6) is 11.5 Å². The second kappa shape index (κ2) is 15.9. The van der Waals surface area contributed by atoms with Crippen LogP contribution in [-0.2, 0) is 4.79 Å². The van der Waals surface area contributed by atoms with Crippen molar-refractivity contribution in [2.24, 2.45) is 0 Å². The summed E-state index contributed by atoms with van der Waals surface area (Å²) in [6.07, 6.45) is 5.96. The zero-order valence-corrected chi connectivity index (χ0v) is 29.4. The molecule has 0 radical (unpaired) electrons. The molecular formula is C37H43N9O5. The number of aryl methyl sites for hydroxylation is 1. The number of amides is 3. The smallest absolute Gasteiger partial charge is 0.259 e. The van der Waals surface area contributed by atoms with E-state index in [0.29, 0.717) is 52.7 Å². The van der Waals surface area contributed by atoms with Gasteiger partial charge in [-0.15, -0.1) is 0 Å². The number of nitrogens with zero attached hydrogens (tertiary/aromatic N) is 7. The molecule has 0 bridgehead atoms. The molecule has 6 rings (SSSR count). The molecule has 5 aromatic rings. The minimum absolute atomic E-state index is 0.223. The van der Waals surface area contributed by atoms with Gasteiger partial charge in [0.25, 0.3) is 11.8 Å². The third-order valence-electron chi connectivity index (χ3n) is 9.01. The molecule has 1 saturated heterocycles. The fourth-order valence-corrected chi connectivity index (χ4v) is 6.02. The SMILES string of the molecule is COc1cc(C(=O)N(C)c2ccc(C)cc2OCCCCCC(=O)N2CCN(C)CC2)ccc1C(=O)Nc1cccc2[nH]c(-n3cncn3)nc12. The number of hydrogen-bond donors (Lipinski definition) is 2. The summed E-state index contributed by atoms with van der Waals surface area (Å²) in [6, 6.07) is 15.8. The Morgan fingerprint density at radius 1 is 0.980 bits per heavy atom. The van der Waals surface area contributed by atoms with Gasteiger partial charge in [0.2, 0.25) is 11.9 Å². The van der Waals surface area contributed by atoms with E-state index in [0.717, 1.165) is 51.0 Å². The van der Waals surface area contributed by atoms with E-state index < -0.39 is 5.91 Å². The molecule has 0 atom stereocenters. The Morgan fingerprint density at radius 2 is 1.80 bits per heavy atom. The van der Waals surface area contributed by atoms with E-state index >= 15 is 0 Å². The topological polar surface area (TPSA) is 151 Å². The predicted octanol–water partition coefficient (Wildman–Crippen LogP) is 4.70. The van der Waals surface area contributed by atoms with E-state index in [9.17, 15) is 14.4 Å². The van der Waals surface area contributed by atoms with Gasteiger partial charge in [-0.2, -0.15) is 9.78 Å². The fourth-order valence-electron chi connectivity index (χ4n) is 6.02. The van der Waals surface area contributed by atoms with Crippen molar-refractivity contribution in [3.8, 4) is 17.4 Å². The summed E-state index contributed by atoms with van der Waals surface area (Å²) in [4.78, 5) is 57.2. The lowest BCUT2D eigenvalue weighted by Crippen LogP contribution is -2.47.